The lowest BCUT2D eigenvalue weighted by atomic mass is 9.95. The van der Waals surface area contributed by atoms with Gasteiger partial charge in [0.1, 0.15) is 0 Å². The van der Waals surface area contributed by atoms with E-state index in [9.17, 15) is 14.4 Å². The van der Waals surface area contributed by atoms with E-state index in [2.05, 4.69) is 9.84 Å². The summed E-state index contributed by atoms with van der Waals surface area (Å²) >= 11 is 5.93. The number of nitrogens with zero attached hydrogens (tertiary/aromatic N) is 2. The molecule has 2 heterocycles. The van der Waals surface area contributed by atoms with E-state index in [1.165, 1.54) is 17.8 Å². The van der Waals surface area contributed by atoms with Crippen LogP contribution in [0.2, 0.25) is 5.02 Å². The number of fused-ring (bicyclic) bond motifs is 1. The maximum absolute atomic E-state index is 12.8. The van der Waals surface area contributed by atoms with E-state index in [1.807, 2.05) is 0 Å². The van der Waals surface area contributed by atoms with Crippen LogP contribution in [0.25, 0.3) is 5.52 Å². The molecule has 128 valence electrons. The summed E-state index contributed by atoms with van der Waals surface area (Å²) in [5.41, 5.74) is 0.437. The lowest BCUT2D eigenvalue weighted by Gasteiger charge is -2.09. The smallest absolute Gasteiger partial charge is 0.359 e. The molecule has 0 bridgehead atoms. The van der Waals surface area contributed by atoms with Gasteiger partial charge in [-0.1, -0.05) is 18.5 Å². The first-order valence-electron chi connectivity index (χ1n) is 7.35. The fourth-order valence-corrected chi connectivity index (χ4v) is 2.44. The fraction of sp³-hybridized carbons (Fsp3) is 0.375. The molecular weight excluding hydrogens is 336 g/mol. The van der Waals surface area contributed by atoms with Crippen molar-refractivity contribution >= 4 is 34.8 Å². The lowest BCUT2D eigenvalue weighted by Crippen LogP contribution is -2.19. The van der Waals surface area contributed by atoms with Gasteiger partial charge in [-0.15, -0.1) is 0 Å². The van der Waals surface area contributed by atoms with Crippen molar-refractivity contribution in [3.05, 3.63) is 34.6 Å². The van der Waals surface area contributed by atoms with Crippen molar-refractivity contribution < 1.29 is 23.9 Å². The van der Waals surface area contributed by atoms with Crippen LogP contribution in [-0.2, 0) is 14.3 Å². The van der Waals surface area contributed by atoms with E-state index >= 15 is 0 Å². The van der Waals surface area contributed by atoms with Gasteiger partial charge in [0.15, 0.2) is 11.5 Å². The van der Waals surface area contributed by atoms with Crippen molar-refractivity contribution in [1.29, 1.82) is 0 Å². The molecule has 1 unspecified atom stereocenters. The summed E-state index contributed by atoms with van der Waals surface area (Å²) in [7, 11) is 1.25. The van der Waals surface area contributed by atoms with Crippen LogP contribution in [0.15, 0.2) is 18.3 Å². The molecule has 0 aliphatic carbocycles. The standard InChI is InChI=1S/C16H17ClN2O5/c1-4-24-16(22)14-13(15(21)9(2)7-12(20)23-3)11-6-5-10(17)8-19(11)18-14/h5-6,8-9H,4,7H2,1-3H3. The molecule has 0 saturated carbocycles. The van der Waals surface area contributed by atoms with E-state index < -0.39 is 17.9 Å². The molecule has 0 fully saturated rings. The molecule has 0 radical (unpaired) electrons. The number of aromatic nitrogens is 2. The summed E-state index contributed by atoms with van der Waals surface area (Å²) in [6.45, 7) is 3.40. The van der Waals surface area contributed by atoms with E-state index in [0.717, 1.165) is 0 Å². The highest BCUT2D eigenvalue weighted by Crippen LogP contribution is 2.24. The lowest BCUT2D eigenvalue weighted by molar-refractivity contribution is -0.141. The van der Waals surface area contributed by atoms with E-state index in [0.29, 0.717) is 10.5 Å². The SMILES string of the molecule is CCOC(=O)c1nn2cc(Cl)ccc2c1C(=O)C(C)CC(=O)OC. The first kappa shape index (κ1) is 17.9. The third kappa shape index (κ3) is 3.56. The Labute approximate surface area is 143 Å². The topological polar surface area (TPSA) is 87.0 Å². The molecule has 24 heavy (non-hydrogen) atoms. The number of hydrogen-bond acceptors (Lipinski definition) is 6. The number of ketones is 1. The predicted octanol–water partition coefficient (Wildman–Crippen LogP) is 2.55. The first-order chi connectivity index (χ1) is 11.4. The number of methoxy groups -OCH3 is 1. The molecule has 0 aliphatic heterocycles. The van der Waals surface area contributed by atoms with E-state index in [1.54, 1.807) is 26.0 Å². The van der Waals surface area contributed by atoms with E-state index in [4.69, 9.17) is 16.3 Å². The molecule has 2 rings (SSSR count). The normalized spacial score (nSPS) is 12.0. The second kappa shape index (κ2) is 7.44. The van der Waals surface area contributed by atoms with Gasteiger partial charge in [0.25, 0.3) is 0 Å². The maximum Gasteiger partial charge on any atom is 0.359 e. The van der Waals surface area contributed by atoms with Gasteiger partial charge in [-0.05, 0) is 19.1 Å². The van der Waals surface area contributed by atoms with Gasteiger partial charge in [0, 0.05) is 12.1 Å². The molecular formula is C16H17ClN2O5. The monoisotopic (exact) mass is 352 g/mol. The van der Waals surface area contributed by atoms with E-state index in [-0.39, 0.29) is 30.1 Å². The van der Waals surface area contributed by atoms with Gasteiger partial charge < -0.3 is 9.47 Å². The zero-order valence-electron chi connectivity index (χ0n) is 13.5. The van der Waals surface area contributed by atoms with Crippen molar-refractivity contribution in [2.45, 2.75) is 20.3 Å². The zero-order valence-corrected chi connectivity index (χ0v) is 14.3. The molecule has 7 nitrogen and oxygen atoms in total. The number of ether oxygens (including phenoxy) is 2. The number of rotatable bonds is 6. The number of carbonyl (C=O) groups is 3. The molecule has 0 saturated heterocycles. The Morgan fingerprint density at radius 3 is 2.67 bits per heavy atom. The average molecular weight is 353 g/mol. The third-order valence-electron chi connectivity index (χ3n) is 3.46. The Hall–Kier alpha value is -2.41. The van der Waals surface area contributed by atoms with Crippen LogP contribution in [0.1, 0.15) is 41.1 Å². The molecule has 2 aromatic rings. The highest BCUT2D eigenvalue weighted by Gasteiger charge is 2.29. The largest absolute Gasteiger partial charge is 0.469 e. The minimum absolute atomic E-state index is 0.0947. The summed E-state index contributed by atoms with van der Waals surface area (Å²) in [4.78, 5) is 36.4. The van der Waals surface area contributed by atoms with Crippen molar-refractivity contribution in [1.82, 2.24) is 9.61 Å². The fourth-order valence-electron chi connectivity index (χ4n) is 2.28. The van der Waals surface area contributed by atoms with Gasteiger partial charge in [-0.25, -0.2) is 9.31 Å². The Balaban J connectivity index is 2.53. The van der Waals surface area contributed by atoms with Crippen LogP contribution in [0.4, 0.5) is 0 Å². The zero-order chi connectivity index (χ0) is 17.9. The summed E-state index contributed by atoms with van der Waals surface area (Å²) in [5, 5.41) is 4.52. The number of halogens is 1. The number of Topliss-reactive ketones (excluding diaryl/α,β-unsaturated/α-hetero) is 1. The van der Waals surface area contributed by atoms with Gasteiger partial charge in [0.2, 0.25) is 0 Å². The average Bonchev–Trinajstić information content (AvgIpc) is 2.92. The molecule has 2 aromatic heterocycles. The van der Waals surface area contributed by atoms with Crippen LogP contribution in [0.3, 0.4) is 0 Å². The number of carbonyl (C=O) groups excluding carboxylic acids is 3. The highest BCUT2D eigenvalue weighted by atomic mass is 35.5. The van der Waals surface area contributed by atoms with Crippen molar-refractivity contribution in [2.75, 3.05) is 13.7 Å². The van der Waals surface area contributed by atoms with Gasteiger partial charge in [-0.3, -0.25) is 9.59 Å². The second-order valence-corrected chi connectivity index (χ2v) is 5.60. The highest BCUT2D eigenvalue weighted by molar-refractivity contribution is 6.30. The number of pyridine rings is 1. The summed E-state index contributed by atoms with van der Waals surface area (Å²) in [6.07, 6.45) is 1.39. The van der Waals surface area contributed by atoms with Crippen LogP contribution in [-0.4, -0.2) is 41.1 Å². The van der Waals surface area contributed by atoms with Gasteiger partial charge >= 0.3 is 11.9 Å². The molecule has 0 N–H and O–H groups in total. The van der Waals surface area contributed by atoms with Gasteiger partial charge in [0.05, 0.1) is 36.2 Å². The number of esters is 2. The Kier molecular flexibility index (Phi) is 5.56. The molecule has 0 aliphatic rings. The van der Waals surface area contributed by atoms with Crippen LogP contribution in [0, 0.1) is 5.92 Å². The third-order valence-corrected chi connectivity index (χ3v) is 3.68. The van der Waals surface area contributed by atoms with Crippen LogP contribution < -0.4 is 0 Å². The summed E-state index contributed by atoms with van der Waals surface area (Å²) in [5.74, 6) is -2.27. The second-order valence-electron chi connectivity index (χ2n) is 5.17. The first-order valence-corrected chi connectivity index (χ1v) is 7.72. The molecule has 0 amide bonds. The molecule has 0 spiro atoms. The Morgan fingerprint density at radius 2 is 2.04 bits per heavy atom. The summed E-state index contributed by atoms with van der Waals surface area (Å²) in [6, 6.07) is 3.19. The van der Waals surface area contributed by atoms with Crippen LogP contribution >= 0.6 is 11.6 Å². The minimum Gasteiger partial charge on any atom is -0.469 e. The maximum atomic E-state index is 12.8. The predicted molar refractivity (Wildman–Crippen MR) is 86.3 cm³/mol. The Bertz CT molecular complexity index is 799. The summed E-state index contributed by atoms with van der Waals surface area (Å²) < 4.78 is 10.9. The quantitative estimate of drug-likeness (QED) is 0.586. The van der Waals surface area contributed by atoms with Crippen molar-refractivity contribution in [3.63, 3.8) is 0 Å². The molecule has 1 atom stereocenters. The van der Waals surface area contributed by atoms with Crippen molar-refractivity contribution in [3.8, 4) is 0 Å². The van der Waals surface area contributed by atoms with Crippen LogP contribution in [0.5, 0.6) is 0 Å². The molecule has 8 heteroatoms. The molecule has 0 aromatic carbocycles. The number of hydrogen-bond donors (Lipinski definition) is 0. The van der Waals surface area contributed by atoms with Gasteiger partial charge in [-0.2, -0.15) is 5.10 Å². The minimum atomic E-state index is -0.703. The van der Waals surface area contributed by atoms with Crippen molar-refractivity contribution in [2.24, 2.45) is 5.92 Å². The Morgan fingerprint density at radius 1 is 1.33 bits per heavy atom.